The molecule has 1 saturated carbocycles. The van der Waals surface area contributed by atoms with E-state index >= 15 is 0 Å². The van der Waals surface area contributed by atoms with Crippen LogP contribution in [0.4, 0.5) is 0 Å². The highest BCUT2D eigenvalue weighted by molar-refractivity contribution is 5.26. The maximum atomic E-state index is 10.4. The van der Waals surface area contributed by atoms with E-state index in [-0.39, 0.29) is 6.04 Å². The molecule has 0 aromatic heterocycles. The van der Waals surface area contributed by atoms with Crippen LogP contribution in [0.1, 0.15) is 69.6 Å². The molecule has 2 nitrogen and oxygen atoms in total. The second-order valence-corrected chi connectivity index (χ2v) is 6.20. The minimum absolute atomic E-state index is 0.119. The summed E-state index contributed by atoms with van der Waals surface area (Å²) in [5.41, 5.74) is 2.34. The number of aliphatic hydroxyl groups is 1. The van der Waals surface area contributed by atoms with E-state index in [9.17, 15) is 5.11 Å². The molecule has 2 heteroatoms. The number of hydrogen-bond donors (Lipinski definition) is 2. The van der Waals surface area contributed by atoms with Crippen LogP contribution in [0.2, 0.25) is 0 Å². The zero-order valence-corrected chi connectivity index (χ0v) is 12.4. The van der Waals surface area contributed by atoms with Gasteiger partial charge in [-0.3, -0.25) is 0 Å². The second kappa shape index (κ2) is 6.53. The molecule has 0 amide bonds. The molecule has 0 radical (unpaired) electrons. The van der Waals surface area contributed by atoms with Crippen LogP contribution in [0.15, 0.2) is 24.3 Å². The van der Waals surface area contributed by atoms with E-state index < -0.39 is 6.10 Å². The fourth-order valence-electron chi connectivity index (χ4n) is 2.92. The van der Waals surface area contributed by atoms with Gasteiger partial charge in [0.25, 0.3) is 0 Å². The van der Waals surface area contributed by atoms with Crippen molar-refractivity contribution in [1.29, 1.82) is 0 Å². The third-order valence-corrected chi connectivity index (χ3v) is 4.27. The van der Waals surface area contributed by atoms with Gasteiger partial charge in [-0.1, -0.05) is 51.0 Å². The van der Waals surface area contributed by atoms with Crippen LogP contribution in [0, 0.1) is 0 Å². The summed E-state index contributed by atoms with van der Waals surface area (Å²) in [7, 11) is 0. The van der Waals surface area contributed by atoms with E-state index in [2.05, 4.69) is 50.4 Å². The molecular formula is C17H27NO. The van der Waals surface area contributed by atoms with Gasteiger partial charge in [0.1, 0.15) is 0 Å². The Morgan fingerprint density at radius 2 is 1.53 bits per heavy atom. The topological polar surface area (TPSA) is 32.3 Å². The van der Waals surface area contributed by atoms with Crippen LogP contribution < -0.4 is 5.32 Å². The van der Waals surface area contributed by atoms with Crippen LogP contribution in [-0.2, 0) is 0 Å². The molecular weight excluding hydrogens is 234 g/mol. The standard InChI is InChI=1S/C17H27NO/c1-12(2)14-8-10-15(11-9-14)17(19)13(3)18-16-6-4-5-7-16/h8-13,16-19H,4-7H2,1-3H3. The molecule has 0 spiro atoms. The molecule has 1 fully saturated rings. The van der Waals surface area contributed by atoms with Crippen LogP contribution in [0.3, 0.4) is 0 Å². The van der Waals surface area contributed by atoms with E-state index in [1.807, 2.05) is 0 Å². The lowest BCUT2D eigenvalue weighted by atomic mass is 9.97. The van der Waals surface area contributed by atoms with Crippen LogP contribution in [-0.4, -0.2) is 17.2 Å². The fourth-order valence-corrected chi connectivity index (χ4v) is 2.92. The van der Waals surface area contributed by atoms with Crippen molar-refractivity contribution in [2.75, 3.05) is 0 Å². The Labute approximate surface area is 117 Å². The van der Waals surface area contributed by atoms with Gasteiger partial charge < -0.3 is 10.4 Å². The summed E-state index contributed by atoms with van der Waals surface area (Å²) in [5.74, 6) is 0.542. The van der Waals surface area contributed by atoms with Crippen molar-refractivity contribution in [3.8, 4) is 0 Å². The van der Waals surface area contributed by atoms with Crippen LogP contribution >= 0.6 is 0 Å². The van der Waals surface area contributed by atoms with Crippen molar-refractivity contribution in [3.05, 3.63) is 35.4 Å². The summed E-state index contributed by atoms with van der Waals surface area (Å²) in [5, 5.41) is 14.0. The normalized spacial score (nSPS) is 19.8. The van der Waals surface area contributed by atoms with E-state index in [1.54, 1.807) is 0 Å². The Bertz CT molecular complexity index is 379. The van der Waals surface area contributed by atoms with Crippen molar-refractivity contribution in [2.45, 2.75) is 70.6 Å². The first-order chi connectivity index (χ1) is 9.08. The number of benzene rings is 1. The quantitative estimate of drug-likeness (QED) is 0.845. The molecule has 1 aromatic rings. The predicted molar refractivity (Wildman–Crippen MR) is 80.3 cm³/mol. The molecule has 2 N–H and O–H groups in total. The van der Waals surface area contributed by atoms with Crippen LogP contribution in [0.25, 0.3) is 0 Å². The highest BCUT2D eigenvalue weighted by Crippen LogP contribution is 2.23. The molecule has 1 aliphatic carbocycles. The Morgan fingerprint density at radius 1 is 1.00 bits per heavy atom. The summed E-state index contributed by atoms with van der Waals surface area (Å²) < 4.78 is 0. The lowest BCUT2D eigenvalue weighted by Gasteiger charge is -2.24. The first-order valence-electron chi connectivity index (χ1n) is 7.62. The van der Waals surface area contributed by atoms with Gasteiger partial charge in [0.05, 0.1) is 6.10 Å². The lowest BCUT2D eigenvalue weighted by molar-refractivity contribution is 0.129. The predicted octanol–water partition coefficient (Wildman–Crippen LogP) is 3.76. The number of aliphatic hydroxyl groups excluding tert-OH is 1. The van der Waals surface area contributed by atoms with Gasteiger partial charge in [0.15, 0.2) is 0 Å². The average Bonchev–Trinajstić information content (AvgIpc) is 2.90. The van der Waals surface area contributed by atoms with Crippen molar-refractivity contribution in [3.63, 3.8) is 0 Å². The van der Waals surface area contributed by atoms with Crippen molar-refractivity contribution in [2.24, 2.45) is 0 Å². The molecule has 19 heavy (non-hydrogen) atoms. The molecule has 2 rings (SSSR count). The molecule has 1 aromatic carbocycles. The summed E-state index contributed by atoms with van der Waals surface area (Å²) in [6.45, 7) is 6.46. The third kappa shape index (κ3) is 3.80. The second-order valence-electron chi connectivity index (χ2n) is 6.20. The van der Waals surface area contributed by atoms with Crippen LogP contribution in [0.5, 0.6) is 0 Å². The Balaban J connectivity index is 1.95. The monoisotopic (exact) mass is 261 g/mol. The summed E-state index contributed by atoms with van der Waals surface area (Å²) in [6.07, 6.45) is 4.74. The highest BCUT2D eigenvalue weighted by Gasteiger charge is 2.22. The first-order valence-corrected chi connectivity index (χ1v) is 7.62. The minimum Gasteiger partial charge on any atom is -0.387 e. The summed E-state index contributed by atoms with van der Waals surface area (Å²) in [6, 6.07) is 9.10. The van der Waals surface area contributed by atoms with E-state index in [0.29, 0.717) is 12.0 Å². The Morgan fingerprint density at radius 3 is 2.05 bits per heavy atom. The van der Waals surface area contributed by atoms with Gasteiger partial charge >= 0.3 is 0 Å². The molecule has 2 atom stereocenters. The van der Waals surface area contributed by atoms with Gasteiger partial charge in [-0.25, -0.2) is 0 Å². The van der Waals surface area contributed by atoms with Crippen molar-refractivity contribution < 1.29 is 5.11 Å². The largest absolute Gasteiger partial charge is 0.387 e. The number of rotatable bonds is 5. The van der Waals surface area contributed by atoms with Gasteiger partial charge in [0, 0.05) is 12.1 Å². The van der Waals surface area contributed by atoms with E-state index in [0.717, 1.165) is 5.56 Å². The Hall–Kier alpha value is -0.860. The molecule has 0 bridgehead atoms. The smallest absolute Gasteiger partial charge is 0.0940 e. The van der Waals surface area contributed by atoms with Gasteiger partial charge in [0.2, 0.25) is 0 Å². The van der Waals surface area contributed by atoms with E-state index in [4.69, 9.17) is 0 Å². The third-order valence-electron chi connectivity index (χ3n) is 4.27. The minimum atomic E-state index is -0.415. The summed E-state index contributed by atoms with van der Waals surface area (Å²) >= 11 is 0. The number of hydrogen-bond acceptors (Lipinski definition) is 2. The fraction of sp³-hybridized carbons (Fsp3) is 0.647. The molecule has 0 saturated heterocycles. The lowest BCUT2D eigenvalue weighted by Crippen LogP contribution is -2.38. The molecule has 1 aliphatic rings. The van der Waals surface area contributed by atoms with Gasteiger partial charge in [-0.2, -0.15) is 0 Å². The van der Waals surface area contributed by atoms with E-state index in [1.165, 1.54) is 31.2 Å². The highest BCUT2D eigenvalue weighted by atomic mass is 16.3. The van der Waals surface area contributed by atoms with Gasteiger partial charge in [-0.05, 0) is 36.8 Å². The molecule has 106 valence electrons. The number of nitrogens with one attached hydrogen (secondary N) is 1. The summed E-state index contributed by atoms with van der Waals surface area (Å²) in [4.78, 5) is 0. The Kier molecular flexibility index (Phi) is 5.00. The zero-order valence-electron chi connectivity index (χ0n) is 12.4. The molecule has 2 unspecified atom stereocenters. The van der Waals surface area contributed by atoms with Crippen molar-refractivity contribution in [1.82, 2.24) is 5.32 Å². The SMILES string of the molecule is CC(C)c1ccc(C(O)C(C)NC2CCCC2)cc1. The first kappa shape index (κ1) is 14.5. The van der Waals surface area contributed by atoms with Crippen molar-refractivity contribution >= 4 is 0 Å². The average molecular weight is 261 g/mol. The molecule has 0 heterocycles. The maximum absolute atomic E-state index is 10.4. The molecule has 0 aliphatic heterocycles. The zero-order chi connectivity index (χ0) is 13.8. The maximum Gasteiger partial charge on any atom is 0.0940 e. The van der Waals surface area contributed by atoms with Gasteiger partial charge in [-0.15, -0.1) is 0 Å².